The summed E-state index contributed by atoms with van der Waals surface area (Å²) in [5.41, 5.74) is 4.29. The molecule has 5 aromatic carbocycles. The van der Waals surface area contributed by atoms with Crippen LogP contribution in [0.15, 0.2) is 135 Å². The standard InChI is InChI=1S/C43H36O6/c1-3-41(44)48-23-21-46-35-17-13-33(14-18-35)43(34-15-19-36(20-16-34)47-22-24-49-42(45)4-2)39-27-31-11-7-5-9-29(31)25-37(39)38-26-30-10-6-8-12-32(30)28-40(38)43/h3-20,25-28,37,39H,1-2,21-24H2. The van der Waals surface area contributed by atoms with Crippen LogP contribution in [0.25, 0.3) is 22.9 Å². The number of fused-ring (bicyclic) bond motifs is 5. The Kier molecular flexibility index (Phi) is 8.86. The Hall–Kier alpha value is -5.88. The summed E-state index contributed by atoms with van der Waals surface area (Å²) < 4.78 is 22.1. The number of rotatable bonds is 12. The van der Waals surface area contributed by atoms with Gasteiger partial charge in [0.25, 0.3) is 0 Å². The van der Waals surface area contributed by atoms with E-state index >= 15 is 0 Å². The molecule has 6 nitrogen and oxygen atoms in total. The van der Waals surface area contributed by atoms with Crippen LogP contribution >= 0.6 is 0 Å². The number of benzene rings is 5. The van der Waals surface area contributed by atoms with Crippen LogP contribution < -0.4 is 19.9 Å². The Balaban J connectivity index is 1.34. The van der Waals surface area contributed by atoms with Crippen LogP contribution in [-0.2, 0) is 24.5 Å². The highest BCUT2D eigenvalue weighted by Crippen LogP contribution is 2.60. The first-order valence-electron chi connectivity index (χ1n) is 16.4. The Labute approximate surface area is 285 Å². The molecule has 244 valence electrons. The lowest BCUT2D eigenvalue weighted by atomic mass is 9.63. The van der Waals surface area contributed by atoms with Crippen LogP contribution in [0.5, 0.6) is 11.5 Å². The van der Waals surface area contributed by atoms with Gasteiger partial charge in [-0.2, -0.15) is 0 Å². The summed E-state index contributed by atoms with van der Waals surface area (Å²) in [6.07, 6.45) is 7.16. The molecule has 2 unspecified atom stereocenters. The highest BCUT2D eigenvalue weighted by molar-refractivity contribution is 5.87. The predicted octanol–water partition coefficient (Wildman–Crippen LogP) is 6.38. The SMILES string of the molecule is C=CC(=O)OCCOc1ccc(C2(c3ccc(OCCOC(=O)C=C)cc3)c3cc4ccccc4cc3C3C=c4ccccc4=CC32)cc1. The van der Waals surface area contributed by atoms with Crippen molar-refractivity contribution in [2.75, 3.05) is 26.4 Å². The summed E-state index contributed by atoms with van der Waals surface area (Å²) in [6.45, 7) is 7.61. The number of carbonyl (C=O) groups excluding carboxylic acids is 2. The summed E-state index contributed by atoms with van der Waals surface area (Å²) in [5.74, 6) is 0.638. The molecule has 2 aliphatic carbocycles. The van der Waals surface area contributed by atoms with Crippen LogP contribution in [0.1, 0.15) is 28.2 Å². The number of ether oxygens (including phenoxy) is 4. The van der Waals surface area contributed by atoms with E-state index in [9.17, 15) is 9.59 Å². The summed E-state index contributed by atoms with van der Waals surface area (Å²) in [6, 6.07) is 38.4. The van der Waals surface area contributed by atoms with Crippen molar-refractivity contribution in [3.8, 4) is 11.5 Å². The van der Waals surface area contributed by atoms with Crippen molar-refractivity contribution >= 4 is 34.9 Å². The lowest BCUT2D eigenvalue weighted by molar-refractivity contribution is -0.139. The zero-order valence-electron chi connectivity index (χ0n) is 27.0. The van der Waals surface area contributed by atoms with Gasteiger partial charge in [-0.25, -0.2) is 9.59 Å². The Bertz CT molecular complexity index is 2090. The second kappa shape index (κ2) is 13.7. The third-order valence-corrected chi connectivity index (χ3v) is 9.45. The average molecular weight is 649 g/mol. The molecule has 0 saturated carbocycles. The molecule has 0 radical (unpaired) electrons. The van der Waals surface area contributed by atoms with Crippen LogP contribution in [0, 0.1) is 5.92 Å². The topological polar surface area (TPSA) is 71.1 Å². The van der Waals surface area contributed by atoms with Crippen molar-refractivity contribution < 1.29 is 28.5 Å². The molecular formula is C43H36O6. The van der Waals surface area contributed by atoms with Crippen LogP contribution in [0.4, 0.5) is 0 Å². The van der Waals surface area contributed by atoms with Crippen molar-refractivity contribution in [3.05, 3.63) is 167 Å². The van der Waals surface area contributed by atoms with Gasteiger partial charge in [0.05, 0.1) is 5.41 Å². The summed E-state index contributed by atoms with van der Waals surface area (Å²) in [5, 5.41) is 4.85. The van der Waals surface area contributed by atoms with E-state index in [1.807, 2.05) is 24.3 Å². The summed E-state index contributed by atoms with van der Waals surface area (Å²) >= 11 is 0. The maximum Gasteiger partial charge on any atom is 0.330 e. The van der Waals surface area contributed by atoms with E-state index in [0.717, 1.165) is 23.3 Å². The third-order valence-electron chi connectivity index (χ3n) is 9.45. The minimum Gasteiger partial charge on any atom is -0.490 e. The normalized spacial score (nSPS) is 16.5. The molecule has 2 aliphatic rings. The van der Waals surface area contributed by atoms with Gasteiger partial charge < -0.3 is 18.9 Å². The van der Waals surface area contributed by atoms with Crippen LogP contribution in [0.3, 0.4) is 0 Å². The van der Waals surface area contributed by atoms with Gasteiger partial charge in [0.1, 0.15) is 37.9 Å². The lowest BCUT2D eigenvalue weighted by Crippen LogP contribution is -2.39. The minimum absolute atomic E-state index is 0.0735. The van der Waals surface area contributed by atoms with Gasteiger partial charge >= 0.3 is 11.9 Å². The van der Waals surface area contributed by atoms with E-state index in [4.69, 9.17) is 18.9 Å². The van der Waals surface area contributed by atoms with E-state index in [-0.39, 0.29) is 38.3 Å². The largest absolute Gasteiger partial charge is 0.490 e. The van der Waals surface area contributed by atoms with Gasteiger partial charge in [-0.15, -0.1) is 0 Å². The molecular weight excluding hydrogens is 612 g/mol. The molecule has 0 bridgehead atoms. The molecule has 6 heteroatoms. The maximum absolute atomic E-state index is 11.5. The summed E-state index contributed by atoms with van der Waals surface area (Å²) in [7, 11) is 0. The third kappa shape index (κ3) is 6.02. The zero-order chi connectivity index (χ0) is 33.8. The fourth-order valence-electron chi connectivity index (χ4n) is 7.35. The van der Waals surface area contributed by atoms with Gasteiger partial charge in [-0.05, 0) is 73.8 Å². The highest BCUT2D eigenvalue weighted by Gasteiger charge is 2.53. The maximum atomic E-state index is 11.5. The molecule has 0 spiro atoms. The van der Waals surface area contributed by atoms with E-state index in [2.05, 4.69) is 110 Å². The number of hydrogen-bond acceptors (Lipinski definition) is 6. The first-order chi connectivity index (χ1) is 24.0. The smallest absolute Gasteiger partial charge is 0.330 e. The van der Waals surface area contributed by atoms with Crippen LogP contribution in [0.2, 0.25) is 0 Å². The molecule has 0 saturated heterocycles. The van der Waals surface area contributed by atoms with Gasteiger partial charge in [-0.3, -0.25) is 0 Å². The van der Waals surface area contributed by atoms with Crippen LogP contribution in [-0.4, -0.2) is 38.4 Å². The van der Waals surface area contributed by atoms with E-state index in [1.54, 1.807) is 0 Å². The van der Waals surface area contributed by atoms with E-state index in [0.29, 0.717) is 11.5 Å². The van der Waals surface area contributed by atoms with Crippen molar-refractivity contribution in [3.63, 3.8) is 0 Å². The van der Waals surface area contributed by atoms with Crippen molar-refractivity contribution in [2.24, 2.45) is 5.92 Å². The molecule has 2 atom stereocenters. The van der Waals surface area contributed by atoms with Gasteiger partial charge in [0.2, 0.25) is 0 Å². The highest BCUT2D eigenvalue weighted by atomic mass is 16.6. The Morgan fingerprint density at radius 3 is 1.63 bits per heavy atom. The number of hydrogen-bond donors (Lipinski definition) is 0. The second-order valence-corrected chi connectivity index (χ2v) is 12.1. The number of esters is 2. The van der Waals surface area contributed by atoms with Crippen molar-refractivity contribution in [2.45, 2.75) is 11.3 Å². The van der Waals surface area contributed by atoms with Gasteiger partial charge in [0.15, 0.2) is 0 Å². The molecule has 0 heterocycles. The predicted molar refractivity (Wildman–Crippen MR) is 191 cm³/mol. The monoisotopic (exact) mass is 648 g/mol. The second-order valence-electron chi connectivity index (χ2n) is 12.1. The number of carbonyl (C=O) groups is 2. The van der Waals surface area contributed by atoms with E-state index in [1.165, 1.54) is 32.3 Å². The average Bonchev–Trinajstić information content (AvgIpc) is 3.42. The van der Waals surface area contributed by atoms with Gasteiger partial charge in [-0.1, -0.05) is 104 Å². The minimum atomic E-state index is -0.551. The molecule has 49 heavy (non-hydrogen) atoms. The Morgan fingerprint density at radius 1 is 0.612 bits per heavy atom. The molecule has 5 aromatic rings. The zero-order valence-corrected chi connectivity index (χ0v) is 27.0. The molecule has 0 aromatic heterocycles. The quantitative estimate of drug-likeness (QED) is 0.0889. The molecule has 7 rings (SSSR count). The molecule has 0 N–H and O–H groups in total. The van der Waals surface area contributed by atoms with E-state index < -0.39 is 17.4 Å². The lowest BCUT2D eigenvalue weighted by Gasteiger charge is -2.39. The molecule has 0 fully saturated rings. The Morgan fingerprint density at radius 2 is 1.10 bits per heavy atom. The van der Waals surface area contributed by atoms with Crippen molar-refractivity contribution in [1.29, 1.82) is 0 Å². The first-order valence-corrected chi connectivity index (χ1v) is 16.4. The molecule has 0 amide bonds. The first kappa shape index (κ1) is 31.7. The molecule has 0 aliphatic heterocycles. The fraction of sp³-hybridized carbons (Fsp3) is 0.163. The van der Waals surface area contributed by atoms with Crippen molar-refractivity contribution in [1.82, 2.24) is 0 Å². The fourth-order valence-corrected chi connectivity index (χ4v) is 7.35. The van der Waals surface area contributed by atoms with Gasteiger partial charge in [0, 0.05) is 24.0 Å². The summed E-state index contributed by atoms with van der Waals surface area (Å²) in [4.78, 5) is 22.9.